The molecule has 5 aliphatic rings. The van der Waals surface area contributed by atoms with E-state index in [-0.39, 0.29) is 89.0 Å². The van der Waals surface area contributed by atoms with Crippen molar-refractivity contribution < 1.29 is 67.1 Å². The second-order valence-corrected chi connectivity index (χ2v) is 22.0. The Labute approximate surface area is 484 Å². The van der Waals surface area contributed by atoms with E-state index >= 15 is 0 Å². The van der Waals surface area contributed by atoms with Crippen molar-refractivity contribution in [3.8, 4) is 23.0 Å². The first-order valence-corrected chi connectivity index (χ1v) is 28.2. The second kappa shape index (κ2) is 26.7. The van der Waals surface area contributed by atoms with Crippen molar-refractivity contribution in [3.05, 3.63) is 99.3 Å². The van der Waals surface area contributed by atoms with Gasteiger partial charge < -0.3 is 54.5 Å². The molecule has 23 heteroatoms. The number of aliphatic imine (C=N–C) groups is 1. The molecule has 8 rings (SSSR count). The fraction of sp³-hybridized carbons (Fsp3) is 0.441. The van der Waals surface area contributed by atoms with Crippen LogP contribution in [0.15, 0.2) is 87.6 Å². The predicted octanol–water partition coefficient (Wildman–Crippen LogP) is 7.55. The summed E-state index contributed by atoms with van der Waals surface area (Å²) in [6, 6.07) is 9.98. The molecule has 5 heterocycles. The quantitative estimate of drug-likeness (QED) is 0.0499. The minimum Gasteiger partial charge on any atom is -0.493 e. The lowest BCUT2D eigenvalue weighted by atomic mass is 10.0. The number of benzene rings is 3. The third-order valence-electron chi connectivity index (χ3n) is 14.6. The normalized spacial score (nSPS) is 18.8. The molecule has 436 valence electrons. The van der Waals surface area contributed by atoms with Crippen LogP contribution in [0.2, 0.25) is 0 Å². The number of fused-ring (bicyclic) bond motifs is 4. The maximum atomic E-state index is 14.2. The van der Waals surface area contributed by atoms with E-state index in [1.54, 1.807) is 67.6 Å². The predicted molar refractivity (Wildman–Crippen MR) is 306 cm³/mol. The van der Waals surface area contributed by atoms with E-state index in [0.717, 1.165) is 27.4 Å². The maximum absolute atomic E-state index is 14.2. The molecule has 0 radical (unpaired) electrons. The molecule has 0 bridgehead atoms. The van der Waals surface area contributed by atoms with Gasteiger partial charge in [-0.15, -0.1) is 0 Å². The summed E-state index contributed by atoms with van der Waals surface area (Å²) in [6.07, 6.45) is 8.75. The smallest absolute Gasteiger partial charge is 0.416 e. The average Bonchev–Trinajstić information content (AvgIpc) is 3.01. The van der Waals surface area contributed by atoms with E-state index in [9.17, 15) is 43.5 Å². The van der Waals surface area contributed by atoms with Crippen molar-refractivity contribution in [2.75, 3.05) is 44.2 Å². The van der Waals surface area contributed by atoms with Crippen molar-refractivity contribution >= 4 is 86.7 Å². The lowest BCUT2D eigenvalue weighted by molar-refractivity contribution is -0.137. The average molecular weight is 1190 g/mol. The molecule has 22 nitrogen and oxygen atoms in total. The van der Waals surface area contributed by atoms with E-state index in [0.29, 0.717) is 85.6 Å². The van der Waals surface area contributed by atoms with Gasteiger partial charge in [0.15, 0.2) is 29.2 Å². The Balaban J connectivity index is 0.826. The highest BCUT2D eigenvalue weighted by atomic mass is 79.9. The van der Waals surface area contributed by atoms with Crippen LogP contribution in [0.25, 0.3) is 0 Å². The van der Waals surface area contributed by atoms with Crippen LogP contribution in [0.5, 0.6) is 23.0 Å². The number of carbonyl (C=O) groups is 8. The molecule has 0 spiro atoms. The van der Waals surface area contributed by atoms with Gasteiger partial charge in [-0.25, -0.2) is 9.69 Å². The summed E-state index contributed by atoms with van der Waals surface area (Å²) in [5, 5.41) is 20.1. The summed E-state index contributed by atoms with van der Waals surface area (Å²) in [6.45, 7) is 9.45. The first kappa shape index (κ1) is 60.1. The van der Waals surface area contributed by atoms with Crippen LogP contribution in [0.4, 0.5) is 21.9 Å². The van der Waals surface area contributed by atoms with Gasteiger partial charge in [-0.05, 0) is 117 Å². The van der Waals surface area contributed by atoms with Gasteiger partial charge >= 0.3 is 6.09 Å². The molecule has 0 aromatic heterocycles. The molecule has 5 atom stereocenters. The molecule has 3 aromatic carbocycles. The van der Waals surface area contributed by atoms with Crippen LogP contribution in [0.3, 0.4) is 0 Å². The van der Waals surface area contributed by atoms with E-state index in [1.165, 1.54) is 44.3 Å². The van der Waals surface area contributed by atoms with Crippen molar-refractivity contribution in [2.45, 2.75) is 129 Å². The Bertz CT molecular complexity index is 3120. The summed E-state index contributed by atoms with van der Waals surface area (Å²) < 4.78 is 29.6. The number of rotatable bonds is 24. The van der Waals surface area contributed by atoms with E-state index in [1.807, 2.05) is 20.0 Å². The van der Waals surface area contributed by atoms with Gasteiger partial charge in [-0.3, -0.25) is 43.5 Å². The van der Waals surface area contributed by atoms with Crippen LogP contribution in [0.1, 0.15) is 119 Å². The molecule has 0 saturated carbocycles. The zero-order valence-corrected chi connectivity index (χ0v) is 48.5. The van der Waals surface area contributed by atoms with E-state index in [2.05, 4.69) is 36.9 Å². The zero-order chi connectivity index (χ0) is 58.9. The third kappa shape index (κ3) is 13.8. The first-order valence-electron chi connectivity index (χ1n) is 27.4. The minimum absolute atomic E-state index is 0.0629. The molecule has 8 amide bonds. The number of nitrogens with zero attached hydrogens (tertiary/aromatic N) is 5. The minimum atomic E-state index is -1.52. The van der Waals surface area contributed by atoms with Crippen LogP contribution in [-0.2, 0) is 35.3 Å². The number of aliphatic hydroxyl groups is 1. The fourth-order valence-electron chi connectivity index (χ4n) is 10.1. The summed E-state index contributed by atoms with van der Waals surface area (Å²) in [4.78, 5) is 115. The number of unbranched alkanes of at least 4 members (excludes halogenated alkanes) is 4. The van der Waals surface area contributed by atoms with Crippen LogP contribution in [0, 0.1) is 5.92 Å². The number of anilines is 2. The SMILES string of the molecule is COc1cc2c(cc1OCCCCCOc1cc3c(cc1OC)C(=O)N1C=C(C)CC1[C@@H](O)N3C(=O)OCc1ccc(NC(=O)C(C)NC(=O)C(NC(=O)CCCCCN3C(=O)C=C(Br)C3=O)C(C)C)cc1)N=C[C@H]1CC(C)=CN1C2=O. The number of imide groups is 1. The lowest BCUT2D eigenvalue weighted by Gasteiger charge is -2.31. The number of amides is 8. The number of methoxy groups -OCH3 is 2. The van der Waals surface area contributed by atoms with Gasteiger partial charge in [0.2, 0.25) is 17.7 Å². The lowest BCUT2D eigenvalue weighted by Crippen LogP contribution is -2.53. The largest absolute Gasteiger partial charge is 0.493 e. The Morgan fingerprint density at radius 2 is 1.38 bits per heavy atom. The fourth-order valence-corrected chi connectivity index (χ4v) is 10.6. The number of nitrogens with one attached hydrogen (secondary N) is 3. The Morgan fingerprint density at radius 1 is 0.744 bits per heavy atom. The molecule has 5 aliphatic heterocycles. The van der Waals surface area contributed by atoms with Crippen molar-refractivity contribution in [3.63, 3.8) is 0 Å². The van der Waals surface area contributed by atoms with Crippen molar-refractivity contribution in [1.29, 1.82) is 0 Å². The van der Waals surface area contributed by atoms with Gasteiger partial charge in [0, 0.05) is 55.5 Å². The van der Waals surface area contributed by atoms with Crippen LogP contribution < -0.4 is 39.8 Å². The number of hydrogen-bond donors (Lipinski definition) is 4. The molecule has 0 aliphatic carbocycles. The van der Waals surface area contributed by atoms with Gasteiger partial charge in [-0.2, -0.15) is 0 Å². The molecular formula is C59H69BrN8O14. The molecule has 3 aromatic rings. The van der Waals surface area contributed by atoms with E-state index < -0.39 is 48.2 Å². The van der Waals surface area contributed by atoms with E-state index in [4.69, 9.17) is 23.7 Å². The van der Waals surface area contributed by atoms with Crippen molar-refractivity contribution in [2.24, 2.45) is 10.9 Å². The monoisotopic (exact) mass is 1190 g/mol. The Morgan fingerprint density at radius 3 is 2.04 bits per heavy atom. The molecular weight excluding hydrogens is 1120 g/mol. The molecule has 82 heavy (non-hydrogen) atoms. The van der Waals surface area contributed by atoms with Crippen molar-refractivity contribution in [1.82, 2.24) is 25.3 Å². The topological polar surface area (TPSA) is 264 Å². The number of ether oxygens (including phenoxy) is 5. The number of aliphatic hydroxyl groups excluding tert-OH is 1. The number of carbonyl (C=O) groups excluding carboxylic acids is 8. The molecule has 0 saturated heterocycles. The van der Waals surface area contributed by atoms with Gasteiger partial charge in [0.25, 0.3) is 23.6 Å². The maximum Gasteiger partial charge on any atom is 0.416 e. The summed E-state index contributed by atoms with van der Waals surface area (Å²) in [5.74, 6) is -1.71. The number of halogens is 1. The van der Waals surface area contributed by atoms with Crippen LogP contribution in [-0.4, -0.2) is 138 Å². The summed E-state index contributed by atoms with van der Waals surface area (Å²) in [7, 11) is 2.96. The highest BCUT2D eigenvalue weighted by molar-refractivity contribution is 9.12. The molecule has 0 fully saturated rings. The Kier molecular flexibility index (Phi) is 19.5. The summed E-state index contributed by atoms with van der Waals surface area (Å²) >= 11 is 3.07. The Hall–Kier alpha value is -8.05. The molecule has 4 N–H and O–H groups in total. The second-order valence-electron chi connectivity index (χ2n) is 21.1. The third-order valence-corrected chi connectivity index (χ3v) is 15.2. The van der Waals surface area contributed by atoms with Gasteiger partial charge in [0.05, 0.1) is 66.5 Å². The van der Waals surface area contributed by atoms with Gasteiger partial charge in [-0.1, -0.05) is 43.5 Å². The van der Waals surface area contributed by atoms with Gasteiger partial charge in [0.1, 0.15) is 18.7 Å². The van der Waals surface area contributed by atoms with Crippen LogP contribution >= 0.6 is 15.9 Å². The molecule has 3 unspecified atom stereocenters. The highest BCUT2D eigenvalue weighted by Crippen LogP contribution is 2.43. The highest BCUT2D eigenvalue weighted by Gasteiger charge is 2.45. The number of hydrogen-bond acceptors (Lipinski definition) is 15. The standard InChI is InChI=1S/C59H69BrN8O14/c1-33(2)52(64-50(69)14-10-8-11-19-65-51(70)26-42(60)57(65)75)54(72)62-36(5)53(71)63-38-17-15-37(16-18-38)32-82-59(77)68-44-28-49(47(79-7)25-41(44)56(74)67-31-35(4)23-45(67)58(68)76)81-21-13-9-12-20-80-48-27-43-40(24-46(48)78-6)55(73)66-30-34(3)22-39(66)29-61-43/h15-18,24-31,33,36,39,45,52,58,76H,8-14,19-23,32H2,1-7H3,(H,62,72)(H,63,71)(H,64,69)/t36?,39-,45?,52?,58-/m1/s1. The summed E-state index contributed by atoms with van der Waals surface area (Å²) in [5.41, 5.74) is 3.95. The zero-order valence-electron chi connectivity index (χ0n) is 47.0. The first-order chi connectivity index (χ1) is 39.3.